The highest BCUT2D eigenvalue weighted by Crippen LogP contribution is 2.21. The van der Waals surface area contributed by atoms with E-state index in [2.05, 4.69) is 9.82 Å². The quantitative estimate of drug-likeness (QED) is 0.851. The molecule has 3 N–H and O–H groups in total. The van der Waals surface area contributed by atoms with Crippen molar-refractivity contribution < 1.29 is 13.2 Å². The number of benzene rings is 1. The number of ether oxygens (including phenoxy) is 1. The maximum absolute atomic E-state index is 12.3. The van der Waals surface area contributed by atoms with Crippen LogP contribution in [0.2, 0.25) is 0 Å². The number of rotatable bonds is 5. The smallest absolute Gasteiger partial charge is 0.240 e. The minimum atomic E-state index is -3.61. The Kier molecular flexibility index (Phi) is 4.19. The lowest BCUT2D eigenvalue weighted by molar-refractivity contribution is 0.411. The molecular formula is C13H18N4O3S. The number of nitrogens with two attached hydrogens (primary N) is 1. The fourth-order valence-electron chi connectivity index (χ4n) is 1.90. The average molecular weight is 310 g/mol. The van der Waals surface area contributed by atoms with E-state index in [9.17, 15) is 8.42 Å². The number of aromatic nitrogens is 2. The van der Waals surface area contributed by atoms with Gasteiger partial charge in [0.05, 0.1) is 18.2 Å². The van der Waals surface area contributed by atoms with E-state index < -0.39 is 10.0 Å². The van der Waals surface area contributed by atoms with E-state index in [0.29, 0.717) is 17.1 Å². The molecule has 8 heteroatoms. The van der Waals surface area contributed by atoms with Crippen LogP contribution in [0.4, 0.5) is 5.82 Å². The Morgan fingerprint density at radius 3 is 2.67 bits per heavy atom. The van der Waals surface area contributed by atoms with Gasteiger partial charge in [-0.1, -0.05) is 0 Å². The normalized spacial score (nSPS) is 11.6. The van der Waals surface area contributed by atoms with Crippen LogP contribution in [0.3, 0.4) is 0 Å². The van der Waals surface area contributed by atoms with E-state index in [0.717, 1.165) is 5.56 Å². The molecule has 0 aliphatic carbocycles. The highest BCUT2D eigenvalue weighted by Gasteiger charge is 2.16. The van der Waals surface area contributed by atoms with Gasteiger partial charge >= 0.3 is 0 Å². The SMILES string of the molecule is COc1ccc(S(=O)(=O)NCc2cnn(C)c2N)cc1C. The molecule has 1 heterocycles. The number of sulfonamides is 1. The first-order valence-electron chi connectivity index (χ1n) is 6.26. The van der Waals surface area contributed by atoms with Crippen molar-refractivity contribution in [2.45, 2.75) is 18.4 Å². The fraction of sp³-hybridized carbons (Fsp3) is 0.308. The van der Waals surface area contributed by atoms with Crippen LogP contribution in [0, 0.1) is 6.92 Å². The summed E-state index contributed by atoms with van der Waals surface area (Å²) in [6.07, 6.45) is 1.54. The molecule has 114 valence electrons. The molecule has 1 aromatic heterocycles. The third kappa shape index (κ3) is 3.17. The van der Waals surface area contributed by atoms with E-state index in [4.69, 9.17) is 10.5 Å². The monoisotopic (exact) mass is 310 g/mol. The summed E-state index contributed by atoms with van der Waals surface area (Å²) < 4.78 is 33.6. The van der Waals surface area contributed by atoms with Crippen molar-refractivity contribution in [1.82, 2.24) is 14.5 Å². The molecule has 21 heavy (non-hydrogen) atoms. The summed E-state index contributed by atoms with van der Waals surface area (Å²) in [4.78, 5) is 0.184. The minimum Gasteiger partial charge on any atom is -0.496 e. The van der Waals surface area contributed by atoms with E-state index in [1.54, 1.807) is 33.2 Å². The van der Waals surface area contributed by atoms with Crippen LogP contribution in [0.15, 0.2) is 29.3 Å². The first kappa shape index (κ1) is 15.3. The van der Waals surface area contributed by atoms with E-state index in [1.165, 1.54) is 16.9 Å². The van der Waals surface area contributed by atoms with Crippen molar-refractivity contribution in [1.29, 1.82) is 0 Å². The molecule has 0 amide bonds. The molecule has 0 aliphatic heterocycles. The molecule has 0 radical (unpaired) electrons. The first-order chi connectivity index (χ1) is 9.85. The minimum absolute atomic E-state index is 0.0904. The number of aryl methyl sites for hydroxylation is 2. The highest BCUT2D eigenvalue weighted by molar-refractivity contribution is 7.89. The maximum Gasteiger partial charge on any atom is 0.240 e. The summed E-state index contributed by atoms with van der Waals surface area (Å²) in [6, 6.07) is 4.69. The molecule has 0 aliphatic rings. The summed E-state index contributed by atoms with van der Waals surface area (Å²) in [7, 11) is -0.375. The zero-order chi connectivity index (χ0) is 15.6. The zero-order valence-electron chi connectivity index (χ0n) is 12.1. The van der Waals surface area contributed by atoms with Crippen molar-refractivity contribution in [3.05, 3.63) is 35.5 Å². The van der Waals surface area contributed by atoms with Gasteiger partial charge in [0.25, 0.3) is 0 Å². The van der Waals surface area contributed by atoms with Crippen LogP contribution in [-0.4, -0.2) is 25.3 Å². The summed E-state index contributed by atoms with van der Waals surface area (Å²) in [6.45, 7) is 1.88. The Balaban J connectivity index is 2.19. The average Bonchev–Trinajstić information content (AvgIpc) is 2.76. The molecule has 0 fully saturated rings. The molecule has 2 rings (SSSR count). The summed E-state index contributed by atoms with van der Waals surface area (Å²) in [5.41, 5.74) is 7.16. The van der Waals surface area contributed by atoms with Gasteiger partial charge in [0.1, 0.15) is 11.6 Å². The van der Waals surface area contributed by atoms with Crippen molar-refractivity contribution in [2.75, 3.05) is 12.8 Å². The highest BCUT2D eigenvalue weighted by atomic mass is 32.2. The number of anilines is 1. The molecular weight excluding hydrogens is 292 g/mol. The standard InChI is InChI=1S/C13H18N4O3S/c1-9-6-11(4-5-12(9)20-3)21(18,19)16-8-10-7-15-17(2)13(10)14/h4-7,16H,8,14H2,1-3H3. The Morgan fingerprint density at radius 2 is 2.14 bits per heavy atom. The lowest BCUT2D eigenvalue weighted by Crippen LogP contribution is -2.23. The number of hydrogen-bond acceptors (Lipinski definition) is 5. The predicted octanol–water partition coefficient (Wildman–Crippen LogP) is 0.798. The maximum atomic E-state index is 12.3. The number of nitrogen functional groups attached to an aromatic ring is 1. The van der Waals surface area contributed by atoms with Crippen molar-refractivity contribution in [3.63, 3.8) is 0 Å². The molecule has 0 bridgehead atoms. The molecule has 7 nitrogen and oxygen atoms in total. The number of nitrogens with one attached hydrogen (secondary N) is 1. The zero-order valence-corrected chi connectivity index (χ0v) is 12.9. The van der Waals surface area contributed by atoms with Crippen LogP contribution in [0.25, 0.3) is 0 Å². The Labute approximate surface area is 123 Å². The largest absolute Gasteiger partial charge is 0.496 e. The number of nitrogens with zero attached hydrogens (tertiary/aromatic N) is 2. The summed E-state index contributed by atoms with van der Waals surface area (Å²) >= 11 is 0. The van der Waals surface area contributed by atoms with Crippen molar-refractivity contribution >= 4 is 15.8 Å². The lowest BCUT2D eigenvalue weighted by atomic mass is 10.2. The van der Waals surface area contributed by atoms with Crippen LogP contribution in [0.5, 0.6) is 5.75 Å². The van der Waals surface area contributed by atoms with Gasteiger partial charge in [-0.15, -0.1) is 0 Å². The molecule has 0 saturated heterocycles. The van der Waals surface area contributed by atoms with Gasteiger partial charge in [-0.2, -0.15) is 5.10 Å². The van der Waals surface area contributed by atoms with E-state index in [1.807, 2.05) is 0 Å². The molecule has 0 saturated carbocycles. The predicted molar refractivity (Wildman–Crippen MR) is 79.4 cm³/mol. The van der Waals surface area contributed by atoms with Crippen LogP contribution < -0.4 is 15.2 Å². The Bertz CT molecular complexity index is 753. The van der Waals surface area contributed by atoms with Gasteiger partial charge in [0.15, 0.2) is 0 Å². The third-order valence-electron chi connectivity index (χ3n) is 3.19. The first-order valence-corrected chi connectivity index (χ1v) is 7.74. The fourth-order valence-corrected chi connectivity index (χ4v) is 2.99. The van der Waals surface area contributed by atoms with Crippen molar-refractivity contribution in [2.24, 2.45) is 7.05 Å². The Hall–Kier alpha value is -2.06. The third-order valence-corrected chi connectivity index (χ3v) is 4.59. The van der Waals surface area contributed by atoms with Gasteiger partial charge in [0, 0.05) is 19.2 Å². The second-order valence-corrected chi connectivity index (χ2v) is 6.40. The number of hydrogen-bond donors (Lipinski definition) is 2. The molecule has 0 spiro atoms. The molecule has 1 aromatic carbocycles. The second kappa shape index (κ2) is 5.74. The van der Waals surface area contributed by atoms with Gasteiger partial charge < -0.3 is 10.5 Å². The molecule has 0 atom stereocenters. The summed E-state index contributed by atoms with van der Waals surface area (Å²) in [5.74, 6) is 1.08. The van der Waals surface area contributed by atoms with Crippen LogP contribution in [0.1, 0.15) is 11.1 Å². The second-order valence-electron chi connectivity index (χ2n) is 4.63. The van der Waals surface area contributed by atoms with E-state index in [-0.39, 0.29) is 11.4 Å². The van der Waals surface area contributed by atoms with Gasteiger partial charge in [0.2, 0.25) is 10.0 Å². The van der Waals surface area contributed by atoms with Crippen LogP contribution >= 0.6 is 0 Å². The summed E-state index contributed by atoms with van der Waals surface area (Å²) in [5, 5.41) is 3.97. The van der Waals surface area contributed by atoms with E-state index >= 15 is 0 Å². The van der Waals surface area contributed by atoms with Crippen LogP contribution in [-0.2, 0) is 23.6 Å². The molecule has 0 unspecified atom stereocenters. The lowest BCUT2D eigenvalue weighted by Gasteiger charge is -2.09. The van der Waals surface area contributed by atoms with Gasteiger partial charge in [-0.05, 0) is 30.7 Å². The topological polar surface area (TPSA) is 99.2 Å². The van der Waals surface area contributed by atoms with Gasteiger partial charge in [-0.3, -0.25) is 4.68 Å². The molecule has 2 aromatic rings. The number of methoxy groups -OCH3 is 1. The van der Waals surface area contributed by atoms with Crippen molar-refractivity contribution in [3.8, 4) is 5.75 Å². The van der Waals surface area contributed by atoms with Gasteiger partial charge in [-0.25, -0.2) is 13.1 Å². The Morgan fingerprint density at radius 1 is 1.43 bits per heavy atom.